The van der Waals surface area contributed by atoms with E-state index in [9.17, 15) is 0 Å². The maximum absolute atomic E-state index is 5.92. The second-order valence-electron chi connectivity index (χ2n) is 3.98. The molecule has 1 unspecified atom stereocenters. The Morgan fingerprint density at radius 3 is 2.45 bits per heavy atom. The minimum absolute atomic E-state index is 0.287. The summed E-state index contributed by atoms with van der Waals surface area (Å²) in [5.41, 5.74) is 0.370. The minimum Gasteiger partial charge on any atom is -0.123 e. The molecule has 0 saturated carbocycles. The number of hydrogen-bond donors (Lipinski definition) is 0. The smallest absolute Gasteiger partial charge is 0.0312 e. The van der Waals surface area contributed by atoms with Crippen LogP contribution in [0.3, 0.4) is 0 Å². The van der Waals surface area contributed by atoms with Crippen molar-refractivity contribution in [3.63, 3.8) is 0 Å². The summed E-state index contributed by atoms with van der Waals surface area (Å²) >= 11 is 5.92. The quantitative estimate of drug-likeness (QED) is 0.437. The normalized spacial score (nSPS) is 14.5. The molecule has 0 bridgehead atoms. The Morgan fingerprint density at radius 1 is 1.55 bits per heavy atom. The van der Waals surface area contributed by atoms with E-state index in [0.717, 1.165) is 12.8 Å². The molecule has 0 saturated heterocycles. The van der Waals surface area contributed by atoms with Crippen LogP contribution in [0.2, 0.25) is 0 Å². The minimum atomic E-state index is 0.287. The van der Waals surface area contributed by atoms with E-state index in [-0.39, 0.29) is 5.38 Å². The summed E-state index contributed by atoms with van der Waals surface area (Å²) in [6, 6.07) is 0. The zero-order chi connectivity index (χ0) is 8.91. The Bertz CT molecular complexity index is 114. The Balaban J connectivity index is 3.69. The molecule has 0 aromatic carbocycles. The van der Waals surface area contributed by atoms with Gasteiger partial charge < -0.3 is 0 Å². The third kappa shape index (κ3) is 6.43. The molecular formula is C10H19Cl. The lowest BCUT2D eigenvalue weighted by molar-refractivity contribution is 0.309. The van der Waals surface area contributed by atoms with Crippen molar-refractivity contribution in [1.82, 2.24) is 0 Å². The van der Waals surface area contributed by atoms with Crippen LogP contribution >= 0.6 is 11.6 Å². The van der Waals surface area contributed by atoms with Gasteiger partial charge in [-0.2, -0.15) is 0 Å². The molecule has 0 heterocycles. The van der Waals surface area contributed by atoms with Gasteiger partial charge in [-0.25, -0.2) is 0 Å². The largest absolute Gasteiger partial charge is 0.123 e. The van der Waals surface area contributed by atoms with Gasteiger partial charge in [0.2, 0.25) is 0 Å². The zero-order valence-electron chi connectivity index (χ0n) is 7.86. The van der Waals surface area contributed by atoms with E-state index < -0.39 is 0 Å². The van der Waals surface area contributed by atoms with E-state index in [1.165, 1.54) is 6.42 Å². The van der Waals surface area contributed by atoms with Gasteiger partial charge in [0.05, 0.1) is 0 Å². The molecule has 0 nitrogen and oxygen atoms in total. The van der Waals surface area contributed by atoms with Gasteiger partial charge in [0.1, 0.15) is 0 Å². The molecule has 1 heteroatoms. The first-order valence-electron chi connectivity index (χ1n) is 4.23. The highest BCUT2D eigenvalue weighted by molar-refractivity contribution is 6.20. The van der Waals surface area contributed by atoms with Crippen LogP contribution in [0.25, 0.3) is 0 Å². The van der Waals surface area contributed by atoms with Crippen molar-refractivity contribution in [2.75, 3.05) is 0 Å². The molecule has 11 heavy (non-hydrogen) atoms. The van der Waals surface area contributed by atoms with Crippen molar-refractivity contribution < 1.29 is 0 Å². The van der Waals surface area contributed by atoms with Gasteiger partial charge >= 0.3 is 0 Å². The zero-order valence-corrected chi connectivity index (χ0v) is 8.62. The van der Waals surface area contributed by atoms with Gasteiger partial charge in [0, 0.05) is 5.38 Å². The summed E-state index contributed by atoms with van der Waals surface area (Å²) in [4.78, 5) is 0. The van der Waals surface area contributed by atoms with Crippen molar-refractivity contribution >= 4 is 11.6 Å². The van der Waals surface area contributed by atoms with Crippen molar-refractivity contribution in [2.45, 2.75) is 45.4 Å². The third-order valence-electron chi connectivity index (χ3n) is 1.86. The number of halogens is 1. The molecule has 0 amide bonds. The van der Waals surface area contributed by atoms with Gasteiger partial charge in [-0.1, -0.05) is 19.9 Å². The first kappa shape index (κ1) is 11.0. The Kier molecular flexibility index (Phi) is 4.83. The SMILES string of the molecule is C=CCCC(C)(C)CC(C)Cl. The predicted octanol–water partition coefficient (Wildman–Crippen LogP) is 4.00. The van der Waals surface area contributed by atoms with Gasteiger partial charge in [0.15, 0.2) is 0 Å². The van der Waals surface area contributed by atoms with Crippen LogP contribution < -0.4 is 0 Å². The van der Waals surface area contributed by atoms with Crippen LogP contribution in [0.15, 0.2) is 12.7 Å². The fraction of sp³-hybridized carbons (Fsp3) is 0.800. The highest BCUT2D eigenvalue weighted by Crippen LogP contribution is 2.29. The van der Waals surface area contributed by atoms with Gasteiger partial charge in [-0.3, -0.25) is 0 Å². The number of alkyl halides is 1. The lowest BCUT2D eigenvalue weighted by Crippen LogP contribution is -2.15. The third-order valence-corrected chi connectivity index (χ3v) is 2.01. The first-order chi connectivity index (χ1) is 4.98. The van der Waals surface area contributed by atoms with Crippen LogP contribution in [0, 0.1) is 5.41 Å². The summed E-state index contributed by atoms with van der Waals surface area (Å²) in [5.74, 6) is 0. The second kappa shape index (κ2) is 4.82. The van der Waals surface area contributed by atoms with Gasteiger partial charge in [-0.05, 0) is 31.6 Å². The van der Waals surface area contributed by atoms with Crippen LogP contribution in [-0.4, -0.2) is 5.38 Å². The van der Waals surface area contributed by atoms with Crippen molar-refractivity contribution in [2.24, 2.45) is 5.41 Å². The topological polar surface area (TPSA) is 0 Å². The molecule has 0 radical (unpaired) electrons. The van der Waals surface area contributed by atoms with Gasteiger partial charge in [-0.15, -0.1) is 18.2 Å². The number of hydrogen-bond acceptors (Lipinski definition) is 0. The van der Waals surface area contributed by atoms with E-state index in [0.29, 0.717) is 5.41 Å². The Labute approximate surface area is 75.6 Å². The molecule has 0 aliphatic carbocycles. The van der Waals surface area contributed by atoms with E-state index in [1.807, 2.05) is 6.08 Å². The summed E-state index contributed by atoms with van der Waals surface area (Å²) < 4.78 is 0. The molecule has 0 aliphatic heterocycles. The van der Waals surface area contributed by atoms with E-state index in [4.69, 9.17) is 11.6 Å². The lowest BCUT2D eigenvalue weighted by atomic mass is 9.83. The summed E-state index contributed by atoms with van der Waals surface area (Å²) in [6.07, 6.45) is 5.34. The summed E-state index contributed by atoms with van der Waals surface area (Å²) in [5, 5.41) is 0.287. The monoisotopic (exact) mass is 174 g/mol. The molecule has 0 aromatic rings. The maximum atomic E-state index is 5.92. The molecule has 0 rings (SSSR count). The van der Waals surface area contributed by atoms with Crippen molar-refractivity contribution in [1.29, 1.82) is 0 Å². The molecule has 1 atom stereocenters. The molecular weight excluding hydrogens is 156 g/mol. The highest BCUT2D eigenvalue weighted by atomic mass is 35.5. The molecule has 66 valence electrons. The van der Waals surface area contributed by atoms with Crippen LogP contribution in [-0.2, 0) is 0 Å². The number of allylic oxidation sites excluding steroid dienone is 1. The highest BCUT2D eigenvalue weighted by Gasteiger charge is 2.18. The lowest BCUT2D eigenvalue weighted by Gasteiger charge is -2.25. The molecule has 0 aromatic heterocycles. The van der Waals surface area contributed by atoms with Crippen LogP contribution in [0.4, 0.5) is 0 Å². The summed E-state index contributed by atoms with van der Waals surface area (Å²) in [7, 11) is 0. The standard InChI is InChI=1S/C10H19Cl/c1-5-6-7-10(3,4)8-9(2)11/h5,9H,1,6-8H2,2-4H3. The summed E-state index contributed by atoms with van der Waals surface area (Å²) in [6.45, 7) is 10.3. The molecule has 0 spiro atoms. The predicted molar refractivity (Wildman–Crippen MR) is 53.1 cm³/mol. The maximum Gasteiger partial charge on any atom is 0.0312 e. The van der Waals surface area contributed by atoms with E-state index >= 15 is 0 Å². The Hall–Kier alpha value is 0.0300. The van der Waals surface area contributed by atoms with E-state index in [2.05, 4.69) is 27.4 Å². The van der Waals surface area contributed by atoms with Crippen molar-refractivity contribution in [3.8, 4) is 0 Å². The van der Waals surface area contributed by atoms with Gasteiger partial charge in [0.25, 0.3) is 0 Å². The fourth-order valence-electron chi connectivity index (χ4n) is 1.36. The van der Waals surface area contributed by atoms with Crippen LogP contribution in [0.5, 0.6) is 0 Å². The Morgan fingerprint density at radius 2 is 2.09 bits per heavy atom. The second-order valence-corrected chi connectivity index (χ2v) is 4.72. The molecule has 0 aliphatic rings. The molecule has 0 N–H and O–H groups in total. The van der Waals surface area contributed by atoms with Crippen LogP contribution in [0.1, 0.15) is 40.0 Å². The average molecular weight is 175 g/mol. The molecule has 0 fully saturated rings. The average Bonchev–Trinajstić information content (AvgIpc) is 1.81. The fourth-order valence-corrected chi connectivity index (χ4v) is 1.77. The van der Waals surface area contributed by atoms with E-state index in [1.54, 1.807) is 0 Å². The van der Waals surface area contributed by atoms with Crippen molar-refractivity contribution in [3.05, 3.63) is 12.7 Å². The number of rotatable bonds is 5. The first-order valence-corrected chi connectivity index (χ1v) is 4.66.